The third-order valence-electron chi connectivity index (χ3n) is 6.34. The fraction of sp³-hybridized carbons (Fsp3) is 0.0968. The Morgan fingerprint density at radius 3 is 2.03 bits per heavy atom. The standard InChI is InChI=1S/C31H26ClN3O3S/c1-39(37,38)27-18-14-24(15-19-27)29-28(23-12-16-25(32)17-13-23)30(31(36)33-26-10-6-3-7-11-26)35(34-29)21-20-22-8-4-2-5-9-22/h2-19H,20-21H2,1H3,(H,33,36). The highest BCUT2D eigenvalue weighted by Gasteiger charge is 2.26. The van der Waals surface area contributed by atoms with Crippen LogP contribution in [0.15, 0.2) is 114 Å². The van der Waals surface area contributed by atoms with E-state index in [1.54, 1.807) is 41.1 Å². The van der Waals surface area contributed by atoms with Crippen LogP contribution in [0, 0.1) is 0 Å². The molecule has 196 valence electrons. The van der Waals surface area contributed by atoms with E-state index in [0.29, 0.717) is 46.2 Å². The fourth-order valence-electron chi connectivity index (χ4n) is 4.40. The van der Waals surface area contributed by atoms with Crippen molar-refractivity contribution >= 4 is 33.0 Å². The molecule has 0 aliphatic rings. The second-order valence-electron chi connectivity index (χ2n) is 9.15. The van der Waals surface area contributed by atoms with Crippen molar-refractivity contribution in [3.05, 3.63) is 125 Å². The average molecular weight is 556 g/mol. The second-order valence-corrected chi connectivity index (χ2v) is 11.6. The summed E-state index contributed by atoms with van der Waals surface area (Å²) in [6, 6.07) is 33.1. The van der Waals surface area contributed by atoms with E-state index in [1.807, 2.05) is 72.8 Å². The van der Waals surface area contributed by atoms with Crippen molar-refractivity contribution in [1.82, 2.24) is 9.78 Å². The second kappa shape index (κ2) is 11.3. The Morgan fingerprint density at radius 2 is 1.41 bits per heavy atom. The largest absolute Gasteiger partial charge is 0.321 e. The zero-order valence-electron chi connectivity index (χ0n) is 21.2. The summed E-state index contributed by atoms with van der Waals surface area (Å²) in [5, 5.41) is 8.50. The number of aromatic nitrogens is 2. The van der Waals surface area contributed by atoms with Crippen LogP contribution in [-0.4, -0.2) is 30.4 Å². The minimum atomic E-state index is -3.36. The van der Waals surface area contributed by atoms with Crippen LogP contribution in [0.4, 0.5) is 5.69 Å². The topological polar surface area (TPSA) is 81.1 Å². The highest BCUT2D eigenvalue weighted by molar-refractivity contribution is 7.90. The van der Waals surface area contributed by atoms with E-state index in [-0.39, 0.29) is 10.8 Å². The molecular weight excluding hydrogens is 530 g/mol. The Bertz CT molecular complexity index is 1700. The zero-order valence-corrected chi connectivity index (χ0v) is 22.8. The predicted octanol–water partition coefficient (Wildman–Crippen LogP) is 6.77. The average Bonchev–Trinajstić information content (AvgIpc) is 3.33. The molecule has 0 saturated heterocycles. The van der Waals surface area contributed by atoms with Crippen molar-refractivity contribution in [2.24, 2.45) is 0 Å². The van der Waals surface area contributed by atoms with Crippen LogP contribution in [0.5, 0.6) is 0 Å². The fourth-order valence-corrected chi connectivity index (χ4v) is 5.15. The number of aryl methyl sites for hydroxylation is 2. The van der Waals surface area contributed by atoms with Gasteiger partial charge in [-0.2, -0.15) is 5.10 Å². The Morgan fingerprint density at radius 1 is 0.821 bits per heavy atom. The van der Waals surface area contributed by atoms with Gasteiger partial charge in [0.2, 0.25) is 0 Å². The third kappa shape index (κ3) is 6.11. The summed E-state index contributed by atoms with van der Waals surface area (Å²) < 4.78 is 25.8. The molecule has 1 aromatic heterocycles. The van der Waals surface area contributed by atoms with Crippen molar-refractivity contribution < 1.29 is 13.2 Å². The van der Waals surface area contributed by atoms with Gasteiger partial charge in [0, 0.05) is 34.6 Å². The molecule has 5 aromatic rings. The predicted molar refractivity (Wildman–Crippen MR) is 156 cm³/mol. The molecule has 8 heteroatoms. The SMILES string of the molecule is CS(=O)(=O)c1ccc(-c2nn(CCc3ccccc3)c(C(=O)Nc3ccccc3)c2-c2ccc(Cl)cc2)cc1. The van der Waals surface area contributed by atoms with Gasteiger partial charge < -0.3 is 5.32 Å². The van der Waals surface area contributed by atoms with Gasteiger partial charge in [0.25, 0.3) is 5.91 Å². The summed E-state index contributed by atoms with van der Waals surface area (Å²) in [6.07, 6.45) is 1.84. The van der Waals surface area contributed by atoms with Gasteiger partial charge in [0.15, 0.2) is 9.84 Å². The molecule has 0 radical (unpaired) electrons. The minimum absolute atomic E-state index is 0.213. The number of nitrogens with one attached hydrogen (secondary N) is 1. The van der Waals surface area contributed by atoms with E-state index in [0.717, 1.165) is 11.1 Å². The first-order chi connectivity index (χ1) is 18.8. The molecule has 6 nitrogen and oxygen atoms in total. The Kier molecular flexibility index (Phi) is 7.63. The first-order valence-electron chi connectivity index (χ1n) is 12.4. The van der Waals surface area contributed by atoms with Crippen LogP contribution in [0.3, 0.4) is 0 Å². The van der Waals surface area contributed by atoms with Gasteiger partial charge >= 0.3 is 0 Å². The Labute approximate surface area is 232 Å². The molecule has 0 aliphatic carbocycles. The summed E-state index contributed by atoms with van der Waals surface area (Å²) in [6.45, 7) is 0.462. The number of halogens is 1. The molecule has 0 unspecified atom stereocenters. The molecule has 1 heterocycles. The molecule has 4 aromatic carbocycles. The summed E-state index contributed by atoms with van der Waals surface area (Å²) in [5.41, 5.74) is 4.86. The van der Waals surface area contributed by atoms with Gasteiger partial charge in [-0.1, -0.05) is 84.4 Å². The Balaban J connectivity index is 1.67. The van der Waals surface area contributed by atoms with Crippen molar-refractivity contribution in [1.29, 1.82) is 0 Å². The number of nitrogens with zero attached hydrogens (tertiary/aromatic N) is 2. The van der Waals surface area contributed by atoms with Crippen LogP contribution < -0.4 is 5.32 Å². The molecule has 1 amide bonds. The Hall–Kier alpha value is -4.20. The maximum Gasteiger partial charge on any atom is 0.274 e. The summed E-state index contributed by atoms with van der Waals surface area (Å²) in [5.74, 6) is -0.300. The van der Waals surface area contributed by atoms with E-state index in [1.165, 1.54) is 6.26 Å². The monoisotopic (exact) mass is 555 g/mol. The molecular formula is C31H26ClN3O3S. The minimum Gasteiger partial charge on any atom is -0.321 e. The van der Waals surface area contributed by atoms with E-state index in [2.05, 4.69) is 5.32 Å². The van der Waals surface area contributed by atoms with E-state index in [9.17, 15) is 13.2 Å². The highest BCUT2D eigenvalue weighted by atomic mass is 35.5. The van der Waals surface area contributed by atoms with E-state index >= 15 is 0 Å². The zero-order chi connectivity index (χ0) is 27.4. The number of carbonyl (C=O) groups is 1. The molecule has 0 atom stereocenters. The van der Waals surface area contributed by atoms with E-state index < -0.39 is 9.84 Å². The lowest BCUT2D eigenvalue weighted by atomic mass is 9.98. The van der Waals surface area contributed by atoms with Gasteiger partial charge in [0.1, 0.15) is 11.4 Å². The summed E-state index contributed by atoms with van der Waals surface area (Å²) in [7, 11) is -3.36. The number of anilines is 1. The molecule has 5 rings (SSSR count). The first kappa shape index (κ1) is 26.4. The lowest BCUT2D eigenvalue weighted by molar-refractivity contribution is 0.101. The quantitative estimate of drug-likeness (QED) is 0.229. The number of hydrogen-bond acceptors (Lipinski definition) is 4. The van der Waals surface area contributed by atoms with Crippen LogP contribution in [0.2, 0.25) is 5.02 Å². The summed E-state index contributed by atoms with van der Waals surface area (Å²) >= 11 is 6.19. The normalized spacial score (nSPS) is 11.3. The van der Waals surface area contributed by atoms with Crippen LogP contribution in [0.25, 0.3) is 22.4 Å². The van der Waals surface area contributed by atoms with E-state index in [4.69, 9.17) is 16.7 Å². The molecule has 39 heavy (non-hydrogen) atoms. The van der Waals surface area contributed by atoms with Crippen molar-refractivity contribution in [3.63, 3.8) is 0 Å². The number of carbonyl (C=O) groups excluding carboxylic acids is 1. The molecule has 0 fully saturated rings. The van der Waals surface area contributed by atoms with Crippen LogP contribution in [-0.2, 0) is 22.8 Å². The van der Waals surface area contributed by atoms with Gasteiger partial charge in [-0.05, 0) is 53.9 Å². The lowest BCUT2D eigenvalue weighted by Crippen LogP contribution is -2.19. The summed E-state index contributed by atoms with van der Waals surface area (Å²) in [4.78, 5) is 14.1. The third-order valence-corrected chi connectivity index (χ3v) is 7.72. The number of amides is 1. The smallest absolute Gasteiger partial charge is 0.274 e. The number of para-hydroxylation sites is 1. The number of sulfone groups is 1. The highest BCUT2D eigenvalue weighted by Crippen LogP contribution is 2.36. The van der Waals surface area contributed by atoms with Crippen LogP contribution in [0.1, 0.15) is 16.1 Å². The first-order valence-corrected chi connectivity index (χ1v) is 14.6. The molecule has 0 saturated carbocycles. The van der Waals surface area contributed by atoms with Gasteiger partial charge in [-0.25, -0.2) is 8.42 Å². The number of hydrogen-bond donors (Lipinski definition) is 1. The molecule has 0 aliphatic heterocycles. The molecule has 0 bridgehead atoms. The maximum atomic E-state index is 13.9. The molecule has 0 spiro atoms. The lowest BCUT2D eigenvalue weighted by Gasteiger charge is -2.11. The molecule has 1 N–H and O–H groups in total. The van der Waals surface area contributed by atoms with Gasteiger partial charge in [-0.3, -0.25) is 9.48 Å². The van der Waals surface area contributed by atoms with Crippen molar-refractivity contribution in [3.8, 4) is 22.4 Å². The van der Waals surface area contributed by atoms with Crippen molar-refractivity contribution in [2.75, 3.05) is 11.6 Å². The van der Waals surface area contributed by atoms with Gasteiger partial charge in [-0.15, -0.1) is 0 Å². The number of benzene rings is 4. The van der Waals surface area contributed by atoms with Gasteiger partial charge in [0.05, 0.1) is 4.90 Å². The maximum absolute atomic E-state index is 13.9. The number of rotatable bonds is 8. The van der Waals surface area contributed by atoms with Crippen LogP contribution >= 0.6 is 11.6 Å². The van der Waals surface area contributed by atoms with Crippen molar-refractivity contribution in [2.45, 2.75) is 17.9 Å².